The summed E-state index contributed by atoms with van der Waals surface area (Å²) in [7, 11) is 0. The monoisotopic (exact) mass is 214 g/mol. The average Bonchev–Trinajstić information content (AvgIpc) is 2.73. The number of aryl methyl sites for hydroxylation is 3. The van der Waals surface area contributed by atoms with Crippen molar-refractivity contribution in [1.82, 2.24) is 9.97 Å². The van der Waals surface area contributed by atoms with E-state index in [0.29, 0.717) is 0 Å². The summed E-state index contributed by atoms with van der Waals surface area (Å²) in [5.41, 5.74) is 3.05. The van der Waals surface area contributed by atoms with Crippen LogP contribution in [0.4, 0.5) is 0 Å². The van der Waals surface area contributed by atoms with Crippen LogP contribution in [0.3, 0.4) is 0 Å². The van der Waals surface area contributed by atoms with Crippen LogP contribution in [-0.4, -0.2) is 16.3 Å². The summed E-state index contributed by atoms with van der Waals surface area (Å²) >= 11 is 0. The fourth-order valence-electron chi connectivity index (χ4n) is 1.70. The van der Waals surface area contributed by atoms with E-state index in [2.05, 4.69) is 9.97 Å². The second-order valence-corrected chi connectivity index (χ2v) is 3.86. The molecule has 0 saturated carbocycles. The third-order valence-electron chi connectivity index (χ3n) is 2.53. The maximum atomic E-state index is 10.6. The van der Waals surface area contributed by atoms with E-state index in [1.165, 1.54) is 5.56 Å². The molecule has 0 spiro atoms. The van der Waals surface area contributed by atoms with Gasteiger partial charge in [-0.1, -0.05) is 18.2 Å². The Morgan fingerprint density at radius 2 is 2.25 bits per heavy atom. The van der Waals surface area contributed by atoms with E-state index < -0.39 is 0 Å². The Hall–Kier alpha value is -1.90. The molecule has 0 atom stereocenters. The van der Waals surface area contributed by atoms with Gasteiger partial charge < -0.3 is 4.98 Å². The Morgan fingerprint density at radius 3 is 2.94 bits per heavy atom. The summed E-state index contributed by atoms with van der Waals surface area (Å²) in [5.74, 6) is 0.941. The molecule has 0 saturated heterocycles. The quantitative estimate of drug-likeness (QED) is 0.794. The Bertz CT molecular complexity index is 488. The molecular weight excluding hydrogens is 200 g/mol. The molecule has 0 bridgehead atoms. The number of nitrogens with zero attached hydrogens (tertiary/aromatic N) is 1. The molecule has 1 heterocycles. The summed E-state index contributed by atoms with van der Waals surface area (Å²) in [6, 6.07) is 7.70. The second kappa shape index (κ2) is 4.75. The lowest BCUT2D eigenvalue weighted by Gasteiger charge is -2.00. The van der Waals surface area contributed by atoms with E-state index in [1.54, 1.807) is 0 Å². The molecule has 1 N–H and O–H groups in total. The van der Waals surface area contributed by atoms with Crippen LogP contribution in [0.5, 0.6) is 0 Å². The van der Waals surface area contributed by atoms with Crippen LogP contribution < -0.4 is 0 Å². The van der Waals surface area contributed by atoms with Crippen LogP contribution in [0.25, 0.3) is 0 Å². The maximum absolute atomic E-state index is 10.6. The molecule has 0 aliphatic carbocycles. The third kappa shape index (κ3) is 2.57. The first kappa shape index (κ1) is 10.6. The molecule has 2 aromatic rings. The smallest absolute Gasteiger partial charge is 0.150 e. The Morgan fingerprint density at radius 1 is 1.38 bits per heavy atom. The van der Waals surface area contributed by atoms with Crippen molar-refractivity contribution >= 4 is 6.29 Å². The molecule has 0 amide bonds. The number of hydrogen-bond acceptors (Lipinski definition) is 2. The number of rotatable bonds is 4. The lowest BCUT2D eigenvalue weighted by Crippen LogP contribution is -1.93. The SMILES string of the molecule is Cc1ncc(CCc2cccc(C=O)c2)[nH]1. The van der Waals surface area contributed by atoms with Crippen molar-refractivity contribution in [2.75, 3.05) is 0 Å². The summed E-state index contributed by atoms with van der Waals surface area (Å²) in [6.07, 6.45) is 4.58. The number of aromatic amines is 1. The summed E-state index contributed by atoms with van der Waals surface area (Å²) in [6.45, 7) is 1.94. The van der Waals surface area contributed by atoms with Crippen molar-refractivity contribution in [2.45, 2.75) is 19.8 Å². The van der Waals surface area contributed by atoms with Crippen LogP contribution in [0.2, 0.25) is 0 Å². The van der Waals surface area contributed by atoms with Gasteiger partial charge in [-0.2, -0.15) is 0 Å². The van der Waals surface area contributed by atoms with Gasteiger partial charge in [0.25, 0.3) is 0 Å². The maximum Gasteiger partial charge on any atom is 0.150 e. The van der Waals surface area contributed by atoms with Gasteiger partial charge in [0.1, 0.15) is 12.1 Å². The van der Waals surface area contributed by atoms with Crippen LogP contribution in [0.1, 0.15) is 27.4 Å². The van der Waals surface area contributed by atoms with Crippen LogP contribution in [-0.2, 0) is 12.8 Å². The first-order valence-electron chi connectivity index (χ1n) is 5.32. The third-order valence-corrected chi connectivity index (χ3v) is 2.53. The first-order chi connectivity index (χ1) is 7.78. The van der Waals surface area contributed by atoms with Crippen molar-refractivity contribution in [3.63, 3.8) is 0 Å². The van der Waals surface area contributed by atoms with Crippen molar-refractivity contribution < 1.29 is 4.79 Å². The number of imidazole rings is 1. The van der Waals surface area contributed by atoms with Gasteiger partial charge in [-0.25, -0.2) is 4.98 Å². The number of nitrogens with one attached hydrogen (secondary N) is 1. The first-order valence-corrected chi connectivity index (χ1v) is 5.32. The number of hydrogen-bond donors (Lipinski definition) is 1. The number of benzene rings is 1. The highest BCUT2D eigenvalue weighted by molar-refractivity contribution is 5.74. The molecule has 82 valence electrons. The van der Waals surface area contributed by atoms with Gasteiger partial charge in [0.05, 0.1) is 0 Å². The minimum absolute atomic E-state index is 0.735. The largest absolute Gasteiger partial charge is 0.346 e. The van der Waals surface area contributed by atoms with E-state index in [1.807, 2.05) is 37.4 Å². The van der Waals surface area contributed by atoms with Crippen molar-refractivity contribution in [1.29, 1.82) is 0 Å². The predicted molar refractivity (Wildman–Crippen MR) is 62.6 cm³/mol. The molecule has 0 unspecified atom stereocenters. The lowest BCUT2D eigenvalue weighted by atomic mass is 10.1. The van der Waals surface area contributed by atoms with Gasteiger partial charge in [0.2, 0.25) is 0 Å². The van der Waals surface area contributed by atoms with Crippen molar-refractivity contribution in [2.24, 2.45) is 0 Å². The van der Waals surface area contributed by atoms with Gasteiger partial charge in [0.15, 0.2) is 0 Å². The summed E-state index contributed by atoms with van der Waals surface area (Å²) in [4.78, 5) is 18.0. The molecule has 2 rings (SSSR count). The van der Waals surface area contributed by atoms with E-state index >= 15 is 0 Å². The van der Waals surface area contributed by atoms with Gasteiger partial charge in [-0.05, 0) is 31.4 Å². The summed E-state index contributed by atoms with van der Waals surface area (Å²) < 4.78 is 0. The fourth-order valence-corrected chi connectivity index (χ4v) is 1.70. The lowest BCUT2D eigenvalue weighted by molar-refractivity contribution is 0.112. The van der Waals surface area contributed by atoms with Gasteiger partial charge >= 0.3 is 0 Å². The molecule has 3 heteroatoms. The molecule has 1 aromatic heterocycles. The zero-order valence-corrected chi connectivity index (χ0v) is 9.23. The zero-order valence-electron chi connectivity index (χ0n) is 9.23. The Balaban J connectivity index is 2.01. The second-order valence-electron chi connectivity index (χ2n) is 3.86. The predicted octanol–water partition coefficient (Wildman–Crippen LogP) is 2.32. The highest BCUT2D eigenvalue weighted by atomic mass is 16.1. The number of aldehydes is 1. The average molecular weight is 214 g/mol. The molecule has 3 nitrogen and oxygen atoms in total. The highest BCUT2D eigenvalue weighted by Crippen LogP contribution is 2.07. The van der Waals surface area contributed by atoms with E-state index in [9.17, 15) is 4.79 Å². The van der Waals surface area contributed by atoms with Crippen molar-refractivity contribution in [3.05, 3.63) is 53.1 Å². The van der Waals surface area contributed by atoms with Gasteiger partial charge in [-0.15, -0.1) is 0 Å². The van der Waals surface area contributed by atoms with Crippen LogP contribution in [0.15, 0.2) is 30.5 Å². The number of carbonyl (C=O) groups excluding carboxylic acids is 1. The fraction of sp³-hybridized carbons (Fsp3) is 0.231. The van der Waals surface area contributed by atoms with Crippen LogP contribution >= 0.6 is 0 Å². The number of aromatic nitrogens is 2. The molecule has 0 aliphatic heterocycles. The standard InChI is InChI=1S/C13H14N2O/c1-10-14-8-13(15-10)6-5-11-3-2-4-12(7-11)9-16/h2-4,7-9H,5-6H2,1H3,(H,14,15). The van der Waals surface area contributed by atoms with E-state index in [4.69, 9.17) is 0 Å². The van der Waals surface area contributed by atoms with E-state index in [0.717, 1.165) is 36.2 Å². The minimum Gasteiger partial charge on any atom is -0.346 e. The number of H-pyrrole nitrogens is 1. The zero-order chi connectivity index (χ0) is 11.4. The van der Waals surface area contributed by atoms with Crippen LogP contribution in [0, 0.1) is 6.92 Å². The Labute approximate surface area is 94.5 Å². The number of carbonyl (C=O) groups is 1. The van der Waals surface area contributed by atoms with Gasteiger partial charge in [0, 0.05) is 17.5 Å². The summed E-state index contributed by atoms with van der Waals surface area (Å²) in [5, 5.41) is 0. The highest BCUT2D eigenvalue weighted by Gasteiger charge is 1.99. The molecule has 0 radical (unpaired) electrons. The molecule has 0 aliphatic rings. The van der Waals surface area contributed by atoms with E-state index in [-0.39, 0.29) is 0 Å². The molecule has 1 aromatic carbocycles. The normalized spacial score (nSPS) is 10.3. The molecule has 0 fully saturated rings. The topological polar surface area (TPSA) is 45.8 Å². The minimum atomic E-state index is 0.735. The van der Waals surface area contributed by atoms with Crippen molar-refractivity contribution in [3.8, 4) is 0 Å². The van der Waals surface area contributed by atoms with Gasteiger partial charge in [-0.3, -0.25) is 4.79 Å². The Kier molecular flexibility index (Phi) is 3.15. The molecule has 16 heavy (non-hydrogen) atoms. The molecular formula is C13H14N2O.